The van der Waals surface area contributed by atoms with Gasteiger partial charge >= 0.3 is 0 Å². The van der Waals surface area contributed by atoms with Crippen molar-refractivity contribution in [2.45, 2.75) is 38.5 Å². The van der Waals surface area contributed by atoms with Crippen LogP contribution in [0.2, 0.25) is 0 Å². The van der Waals surface area contributed by atoms with E-state index < -0.39 is 0 Å². The van der Waals surface area contributed by atoms with Gasteiger partial charge < -0.3 is 9.32 Å². The van der Waals surface area contributed by atoms with Crippen LogP contribution in [0.15, 0.2) is 180 Å². The van der Waals surface area contributed by atoms with Crippen LogP contribution < -0.4 is 4.90 Å². The summed E-state index contributed by atoms with van der Waals surface area (Å²) in [6.45, 7) is 9.52. The van der Waals surface area contributed by atoms with Gasteiger partial charge in [-0.05, 0) is 104 Å². The van der Waals surface area contributed by atoms with Gasteiger partial charge in [0.05, 0.1) is 5.69 Å². The Bertz CT molecular complexity index is 3000. The predicted octanol–water partition coefficient (Wildman–Crippen LogP) is 15.0. The second-order valence-corrected chi connectivity index (χ2v) is 16.5. The van der Waals surface area contributed by atoms with E-state index in [0.717, 1.165) is 27.9 Å². The van der Waals surface area contributed by atoms with Crippen LogP contribution >= 0.6 is 0 Å². The molecule has 8 aromatic carbocycles. The Labute approximate surface area is 328 Å². The lowest BCUT2D eigenvalue weighted by Crippen LogP contribution is -2.21. The normalized spacial score (nSPS) is 14.4. The quantitative estimate of drug-likeness (QED) is 0.176. The van der Waals surface area contributed by atoms with Gasteiger partial charge in [0.15, 0.2) is 0 Å². The maximum Gasteiger partial charge on any atom is 0.136 e. The zero-order chi connectivity index (χ0) is 37.8. The van der Waals surface area contributed by atoms with Gasteiger partial charge in [-0.2, -0.15) is 0 Å². The first kappa shape index (κ1) is 32.8. The molecule has 1 aromatic heterocycles. The highest BCUT2D eigenvalue weighted by molar-refractivity contribution is 6.18. The maximum absolute atomic E-state index is 6.67. The smallest absolute Gasteiger partial charge is 0.136 e. The van der Waals surface area contributed by atoms with Crippen LogP contribution in [0.4, 0.5) is 17.1 Å². The minimum atomic E-state index is -0.341. The molecule has 0 aliphatic heterocycles. The van der Waals surface area contributed by atoms with Crippen molar-refractivity contribution in [2.24, 2.45) is 0 Å². The predicted molar refractivity (Wildman–Crippen MR) is 234 cm³/mol. The molecule has 0 radical (unpaired) electrons. The fourth-order valence-corrected chi connectivity index (χ4v) is 9.97. The first-order valence-corrected chi connectivity index (χ1v) is 19.7. The van der Waals surface area contributed by atoms with Crippen molar-refractivity contribution in [3.63, 3.8) is 0 Å². The molecule has 1 heterocycles. The maximum atomic E-state index is 6.67. The molecule has 0 spiro atoms. The number of rotatable bonds is 5. The molecule has 0 saturated carbocycles. The number of fused-ring (bicyclic) bond motifs is 9. The van der Waals surface area contributed by atoms with Gasteiger partial charge in [0.25, 0.3) is 0 Å². The molecular weight excluding hydrogens is 679 g/mol. The second kappa shape index (κ2) is 11.9. The molecule has 268 valence electrons. The molecule has 0 atom stereocenters. The Morgan fingerprint density at radius 1 is 0.411 bits per heavy atom. The Morgan fingerprint density at radius 2 is 1.04 bits per heavy atom. The van der Waals surface area contributed by atoms with E-state index in [1.165, 1.54) is 77.8 Å². The summed E-state index contributed by atoms with van der Waals surface area (Å²) in [6.07, 6.45) is 0. The summed E-state index contributed by atoms with van der Waals surface area (Å²) in [7, 11) is 0. The minimum Gasteiger partial charge on any atom is -0.456 e. The van der Waals surface area contributed by atoms with Crippen molar-refractivity contribution < 1.29 is 4.42 Å². The number of nitrogens with zero attached hydrogens (tertiary/aromatic N) is 1. The average Bonchev–Trinajstić information content (AvgIpc) is 3.81. The van der Waals surface area contributed by atoms with Crippen LogP contribution in [-0.2, 0) is 10.8 Å². The molecular formula is C54H41NO. The van der Waals surface area contributed by atoms with E-state index in [-0.39, 0.29) is 10.8 Å². The Balaban J connectivity index is 1.18. The summed E-state index contributed by atoms with van der Waals surface area (Å²) < 4.78 is 6.67. The van der Waals surface area contributed by atoms with E-state index in [1.807, 2.05) is 0 Å². The van der Waals surface area contributed by atoms with Gasteiger partial charge in [-0.1, -0.05) is 161 Å². The van der Waals surface area contributed by atoms with Crippen LogP contribution in [0.25, 0.3) is 66.4 Å². The van der Waals surface area contributed by atoms with Gasteiger partial charge in [0.2, 0.25) is 0 Å². The lowest BCUT2D eigenvalue weighted by Gasteiger charge is -2.33. The molecule has 0 fully saturated rings. The van der Waals surface area contributed by atoms with Crippen LogP contribution in [0.1, 0.15) is 49.9 Å². The van der Waals surface area contributed by atoms with E-state index in [4.69, 9.17) is 4.42 Å². The first-order chi connectivity index (χ1) is 27.3. The molecule has 2 aliphatic rings. The number of furan rings is 1. The molecule has 2 heteroatoms. The van der Waals surface area contributed by atoms with E-state index in [0.29, 0.717) is 0 Å². The summed E-state index contributed by atoms with van der Waals surface area (Å²) in [6, 6.07) is 64.4. The number of para-hydroxylation sites is 1. The average molecular weight is 720 g/mol. The summed E-state index contributed by atoms with van der Waals surface area (Å²) in [5.74, 6) is 0. The van der Waals surface area contributed by atoms with Crippen LogP contribution in [0.3, 0.4) is 0 Å². The lowest BCUT2D eigenvalue weighted by atomic mass is 9.80. The molecule has 2 nitrogen and oxygen atoms in total. The monoisotopic (exact) mass is 719 g/mol. The van der Waals surface area contributed by atoms with Gasteiger partial charge in [0, 0.05) is 38.5 Å². The Hall–Kier alpha value is -6.64. The molecule has 0 unspecified atom stereocenters. The van der Waals surface area contributed by atoms with Crippen molar-refractivity contribution in [3.05, 3.63) is 198 Å². The number of anilines is 3. The van der Waals surface area contributed by atoms with Gasteiger partial charge in [0.1, 0.15) is 11.2 Å². The third kappa shape index (κ3) is 4.62. The summed E-state index contributed by atoms with van der Waals surface area (Å²) in [4.78, 5) is 2.50. The molecule has 56 heavy (non-hydrogen) atoms. The topological polar surface area (TPSA) is 16.4 Å². The molecule has 11 rings (SSSR count). The van der Waals surface area contributed by atoms with Gasteiger partial charge in [-0.25, -0.2) is 0 Å². The molecule has 0 bridgehead atoms. The van der Waals surface area contributed by atoms with Crippen LogP contribution in [-0.4, -0.2) is 0 Å². The van der Waals surface area contributed by atoms with Crippen molar-refractivity contribution in [3.8, 4) is 44.5 Å². The summed E-state index contributed by atoms with van der Waals surface area (Å²) in [5.41, 5.74) is 20.3. The highest BCUT2D eigenvalue weighted by Crippen LogP contribution is 2.59. The van der Waals surface area contributed by atoms with Crippen LogP contribution in [0, 0.1) is 0 Å². The SMILES string of the molecule is CC1(C)c2ccccc2-c2ccc(N(c3ccc(-c4ccccc4)cc3)c3cccc4c3C(C)(C)c3cc5oc6ccccc6c5c(-c5ccccc5)c3-4)cc21. The highest BCUT2D eigenvalue weighted by atomic mass is 16.3. The second-order valence-electron chi connectivity index (χ2n) is 16.5. The fraction of sp³-hybridized carbons (Fsp3) is 0.111. The molecule has 0 amide bonds. The van der Waals surface area contributed by atoms with Crippen molar-refractivity contribution >= 4 is 39.0 Å². The van der Waals surface area contributed by atoms with E-state index in [1.54, 1.807) is 0 Å². The summed E-state index contributed by atoms with van der Waals surface area (Å²) in [5, 5.41) is 2.32. The zero-order valence-electron chi connectivity index (χ0n) is 32.1. The third-order valence-corrected chi connectivity index (χ3v) is 12.6. The molecule has 9 aromatic rings. The van der Waals surface area contributed by atoms with Crippen molar-refractivity contribution in [1.82, 2.24) is 0 Å². The van der Waals surface area contributed by atoms with Crippen LogP contribution in [0.5, 0.6) is 0 Å². The zero-order valence-corrected chi connectivity index (χ0v) is 32.1. The van der Waals surface area contributed by atoms with E-state index in [9.17, 15) is 0 Å². The minimum absolute atomic E-state index is 0.125. The molecule has 0 saturated heterocycles. The third-order valence-electron chi connectivity index (χ3n) is 12.6. The van der Waals surface area contributed by atoms with Crippen molar-refractivity contribution in [1.29, 1.82) is 0 Å². The lowest BCUT2D eigenvalue weighted by molar-refractivity contribution is 0.647. The Kier molecular flexibility index (Phi) is 6.98. The Morgan fingerprint density at radius 3 is 1.82 bits per heavy atom. The first-order valence-electron chi connectivity index (χ1n) is 19.7. The fourth-order valence-electron chi connectivity index (χ4n) is 9.97. The van der Waals surface area contributed by atoms with E-state index in [2.05, 4.69) is 209 Å². The largest absolute Gasteiger partial charge is 0.456 e. The number of benzene rings is 8. The standard InChI is InChI=1S/C54H41NO/c1-53(2)43-23-13-11-20-39(43)40-31-30-38(32-44(40)53)55(37-28-26-35(27-29-37)34-16-7-5-8-17-34)46-24-15-22-42-50-45(54(3,4)52(42)46)33-48-51(41-21-12-14-25-47(41)56-48)49(50)36-18-9-6-10-19-36/h5-33H,1-4H3. The van der Waals surface area contributed by atoms with E-state index >= 15 is 0 Å². The summed E-state index contributed by atoms with van der Waals surface area (Å²) >= 11 is 0. The molecule has 2 aliphatic carbocycles. The number of hydrogen-bond acceptors (Lipinski definition) is 2. The molecule has 0 N–H and O–H groups in total. The highest BCUT2D eigenvalue weighted by Gasteiger charge is 2.42. The van der Waals surface area contributed by atoms with Gasteiger partial charge in [-0.3, -0.25) is 0 Å². The van der Waals surface area contributed by atoms with Gasteiger partial charge in [-0.15, -0.1) is 0 Å². The number of hydrogen-bond donors (Lipinski definition) is 0. The van der Waals surface area contributed by atoms with Crippen molar-refractivity contribution in [2.75, 3.05) is 4.90 Å².